The number of rotatable bonds is 5. The normalized spacial score (nSPS) is 25.8. The number of nitrogens with zero attached hydrogens (tertiary/aromatic N) is 3. The van der Waals surface area contributed by atoms with Crippen molar-refractivity contribution in [3.05, 3.63) is 41.1 Å². The van der Waals surface area contributed by atoms with E-state index in [4.69, 9.17) is 15.2 Å². The molecule has 0 radical (unpaired) electrons. The molecule has 1 aliphatic carbocycles. The molecule has 0 unspecified atom stereocenters. The van der Waals surface area contributed by atoms with Crippen LogP contribution in [-0.2, 0) is 14.3 Å². The SMILES string of the molecule is C[C@@H]1CN(C(=O)/C(N)=C2\CCCC2=NCC(=O)N2CCC(Oc3c(F)cccc3F)CC2)C[C@H](C)O1. The Morgan fingerprint density at radius 1 is 1.08 bits per heavy atom. The molecule has 2 atom stereocenters. The van der Waals surface area contributed by atoms with Gasteiger partial charge in [-0.05, 0) is 45.2 Å². The molecule has 3 fully saturated rings. The van der Waals surface area contributed by atoms with E-state index in [1.54, 1.807) is 9.80 Å². The van der Waals surface area contributed by atoms with E-state index in [1.165, 1.54) is 6.07 Å². The number of carbonyl (C=O) groups excluding carboxylic acids is 2. The maximum Gasteiger partial charge on any atom is 0.270 e. The zero-order valence-corrected chi connectivity index (χ0v) is 20.8. The third-order valence-corrected chi connectivity index (χ3v) is 6.85. The summed E-state index contributed by atoms with van der Waals surface area (Å²) in [5.41, 5.74) is 7.95. The van der Waals surface area contributed by atoms with Crippen LogP contribution in [0.1, 0.15) is 46.0 Å². The van der Waals surface area contributed by atoms with Crippen molar-refractivity contribution in [2.24, 2.45) is 10.7 Å². The summed E-state index contributed by atoms with van der Waals surface area (Å²) >= 11 is 0. The fraction of sp³-hybridized carbons (Fsp3) is 0.577. The minimum atomic E-state index is -0.736. The van der Waals surface area contributed by atoms with Crippen molar-refractivity contribution in [2.75, 3.05) is 32.7 Å². The highest BCUT2D eigenvalue weighted by Crippen LogP contribution is 2.27. The lowest BCUT2D eigenvalue weighted by atomic mass is 10.1. The molecule has 8 nitrogen and oxygen atoms in total. The van der Waals surface area contributed by atoms with E-state index >= 15 is 0 Å². The molecule has 36 heavy (non-hydrogen) atoms. The molecule has 1 aromatic carbocycles. The van der Waals surface area contributed by atoms with Crippen molar-refractivity contribution in [1.29, 1.82) is 0 Å². The highest BCUT2D eigenvalue weighted by atomic mass is 19.1. The molecule has 1 aromatic rings. The number of morpholine rings is 1. The smallest absolute Gasteiger partial charge is 0.270 e. The Balaban J connectivity index is 1.32. The van der Waals surface area contributed by atoms with E-state index in [0.717, 1.165) is 29.8 Å². The first-order chi connectivity index (χ1) is 17.2. The number of ether oxygens (including phenoxy) is 2. The number of piperidine rings is 1. The van der Waals surface area contributed by atoms with Crippen molar-refractivity contribution in [1.82, 2.24) is 9.80 Å². The van der Waals surface area contributed by atoms with Gasteiger partial charge < -0.3 is 25.0 Å². The largest absolute Gasteiger partial charge is 0.484 e. The Morgan fingerprint density at radius 3 is 2.36 bits per heavy atom. The molecular formula is C26H34F2N4O4. The fourth-order valence-electron chi connectivity index (χ4n) is 5.08. The number of allylic oxidation sites excluding steroid dienone is 1. The molecule has 196 valence electrons. The lowest BCUT2D eigenvalue weighted by molar-refractivity contribution is -0.139. The Morgan fingerprint density at radius 2 is 1.72 bits per heavy atom. The molecule has 0 bridgehead atoms. The van der Waals surface area contributed by atoms with E-state index < -0.39 is 11.6 Å². The molecule has 2 aliphatic heterocycles. The van der Waals surface area contributed by atoms with Gasteiger partial charge in [0.2, 0.25) is 5.91 Å². The number of nitrogens with two attached hydrogens (primary N) is 1. The predicted molar refractivity (Wildman–Crippen MR) is 131 cm³/mol. The summed E-state index contributed by atoms with van der Waals surface area (Å²) in [6, 6.07) is 3.60. The Kier molecular flexibility index (Phi) is 8.23. The van der Waals surface area contributed by atoms with Crippen LogP contribution in [0.15, 0.2) is 34.5 Å². The summed E-state index contributed by atoms with van der Waals surface area (Å²) < 4.78 is 38.9. The number of amides is 2. The van der Waals surface area contributed by atoms with Gasteiger partial charge in [-0.2, -0.15) is 0 Å². The average Bonchev–Trinajstić information content (AvgIpc) is 3.32. The number of benzene rings is 1. The topological polar surface area (TPSA) is 97.5 Å². The van der Waals surface area contributed by atoms with Crippen molar-refractivity contribution >= 4 is 17.5 Å². The van der Waals surface area contributed by atoms with Gasteiger partial charge in [0.15, 0.2) is 17.4 Å². The van der Waals surface area contributed by atoms with Crippen LogP contribution in [0.4, 0.5) is 8.78 Å². The van der Waals surface area contributed by atoms with Crippen LogP contribution >= 0.6 is 0 Å². The first-order valence-electron chi connectivity index (χ1n) is 12.6. The fourth-order valence-corrected chi connectivity index (χ4v) is 5.08. The van der Waals surface area contributed by atoms with Crippen LogP contribution < -0.4 is 10.5 Å². The number of hydrogen-bond acceptors (Lipinski definition) is 6. The van der Waals surface area contributed by atoms with E-state index in [2.05, 4.69) is 4.99 Å². The van der Waals surface area contributed by atoms with Crippen LogP contribution in [0.25, 0.3) is 0 Å². The summed E-state index contributed by atoms with van der Waals surface area (Å²) in [5.74, 6) is -2.19. The van der Waals surface area contributed by atoms with Gasteiger partial charge in [-0.15, -0.1) is 0 Å². The van der Waals surface area contributed by atoms with Crippen LogP contribution in [0, 0.1) is 11.6 Å². The van der Waals surface area contributed by atoms with Crippen LogP contribution in [0.5, 0.6) is 5.75 Å². The molecule has 10 heteroatoms. The van der Waals surface area contributed by atoms with Gasteiger partial charge in [0.1, 0.15) is 18.3 Å². The number of likely N-dealkylation sites (tertiary alicyclic amines) is 1. The van der Waals surface area contributed by atoms with Crippen molar-refractivity contribution in [3.63, 3.8) is 0 Å². The Hall–Kier alpha value is -3.01. The zero-order valence-electron chi connectivity index (χ0n) is 20.8. The quantitative estimate of drug-likeness (QED) is 0.622. The van der Waals surface area contributed by atoms with Gasteiger partial charge in [0.25, 0.3) is 5.91 Å². The third kappa shape index (κ3) is 6.03. The molecule has 0 aromatic heterocycles. The van der Waals surface area contributed by atoms with E-state index in [1.807, 2.05) is 13.8 Å². The second kappa shape index (κ2) is 11.4. The highest BCUT2D eigenvalue weighted by molar-refractivity contribution is 6.09. The summed E-state index contributed by atoms with van der Waals surface area (Å²) in [6.45, 7) is 5.65. The van der Waals surface area contributed by atoms with Crippen molar-refractivity contribution in [3.8, 4) is 5.75 Å². The first kappa shape index (κ1) is 26.1. The highest BCUT2D eigenvalue weighted by Gasteiger charge is 2.30. The maximum absolute atomic E-state index is 13.9. The molecule has 1 saturated carbocycles. The molecule has 4 rings (SSSR count). The van der Waals surface area contributed by atoms with Crippen LogP contribution in [-0.4, -0.2) is 78.4 Å². The summed E-state index contributed by atoms with van der Waals surface area (Å²) in [4.78, 5) is 33.7. The monoisotopic (exact) mass is 504 g/mol. The average molecular weight is 505 g/mol. The van der Waals surface area contributed by atoms with E-state index in [9.17, 15) is 18.4 Å². The van der Waals surface area contributed by atoms with Crippen LogP contribution in [0.3, 0.4) is 0 Å². The van der Waals surface area contributed by atoms with Gasteiger partial charge in [0.05, 0.1) is 12.2 Å². The lowest BCUT2D eigenvalue weighted by Crippen LogP contribution is -2.49. The Labute approximate surface area is 210 Å². The number of carbonyl (C=O) groups is 2. The summed E-state index contributed by atoms with van der Waals surface area (Å²) in [7, 11) is 0. The second-order valence-corrected chi connectivity index (χ2v) is 9.72. The molecule has 2 amide bonds. The number of halogens is 2. The number of para-hydroxylation sites is 1. The van der Waals surface area contributed by atoms with Gasteiger partial charge >= 0.3 is 0 Å². The molecule has 0 spiro atoms. The Bertz CT molecular complexity index is 1020. The number of aliphatic imine (C=N–C) groups is 1. The molecular weight excluding hydrogens is 470 g/mol. The van der Waals surface area contributed by atoms with Crippen LogP contribution in [0.2, 0.25) is 0 Å². The standard InChI is InChI=1S/C26H34F2N4O4/c1-16-14-32(15-17(2)35-16)26(34)24(29)19-5-3-8-22(19)30-13-23(33)31-11-9-18(10-12-31)36-25-20(27)6-4-7-21(25)28/h4,6-7,16-18H,3,5,8-15,29H2,1-2H3/b24-19-,30-22?/t16-,17+. The molecule has 2 heterocycles. The summed E-state index contributed by atoms with van der Waals surface area (Å²) in [5, 5.41) is 0. The number of hydrogen-bond donors (Lipinski definition) is 1. The second-order valence-electron chi connectivity index (χ2n) is 9.72. The minimum absolute atomic E-state index is 0.0284. The molecule has 3 aliphatic rings. The van der Waals surface area contributed by atoms with E-state index in [-0.39, 0.29) is 48.1 Å². The van der Waals surface area contributed by atoms with Crippen molar-refractivity contribution in [2.45, 2.75) is 64.3 Å². The van der Waals surface area contributed by atoms with Gasteiger partial charge in [0, 0.05) is 50.3 Å². The predicted octanol–water partition coefficient (Wildman–Crippen LogP) is 2.81. The maximum atomic E-state index is 13.9. The molecule has 2 saturated heterocycles. The lowest BCUT2D eigenvalue weighted by Gasteiger charge is -2.35. The van der Waals surface area contributed by atoms with Crippen molar-refractivity contribution < 1.29 is 27.8 Å². The van der Waals surface area contributed by atoms with Gasteiger partial charge in [-0.3, -0.25) is 14.6 Å². The zero-order chi connectivity index (χ0) is 25.8. The van der Waals surface area contributed by atoms with E-state index in [0.29, 0.717) is 51.9 Å². The minimum Gasteiger partial charge on any atom is -0.484 e. The van der Waals surface area contributed by atoms with Gasteiger partial charge in [-0.25, -0.2) is 8.78 Å². The third-order valence-electron chi connectivity index (χ3n) is 6.85. The first-order valence-corrected chi connectivity index (χ1v) is 12.6. The van der Waals surface area contributed by atoms with Gasteiger partial charge in [-0.1, -0.05) is 6.07 Å². The molecule has 2 N–H and O–H groups in total. The summed E-state index contributed by atoms with van der Waals surface area (Å²) in [6.07, 6.45) is 2.65.